The molecule has 1 atom stereocenters. The zero-order valence-electron chi connectivity index (χ0n) is 15.0. The van der Waals surface area contributed by atoms with Gasteiger partial charge in [0.25, 0.3) is 0 Å². The second-order valence-corrected chi connectivity index (χ2v) is 5.95. The Morgan fingerprint density at radius 2 is 2.00 bits per heavy atom. The van der Waals surface area contributed by atoms with E-state index >= 15 is 0 Å². The van der Waals surface area contributed by atoms with Crippen LogP contribution in [0, 0.1) is 6.92 Å². The fourth-order valence-electron chi connectivity index (χ4n) is 2.49. The third kappa shape index (κ3) is 4.02. The van der Waals surface area contributed by atoms with Gasteiger partial charge in [0.2, 0.25) is 11.8 Å². The van der Waals surface area contributed by atoms with Crippen molar-refractivity contribution in [2.45, 2.75) is 19.8 Å². The zero-order valence-corrected chi connectivity index (χ0v) is 15.0. The van der Waals surface area contributed by atoms with Gasteiger partial charge >= 0.3 is 0 Å². The van der Waals surface area contributed by atoms with Crippen molar-refractivity contribution in [3.8, 4) is 17.1 Å². The fraction of sp³-hybridized carbons (Fsp3) is 0.278. The van der Waals surface area contributed by atoms with Gasteiger partial charge in [0.15, 0.2) is 0 Å². The lowest BCUT2D eigenvalue weighted by molar-refractivity contribution is 0.389. The van der Waals surface area contributed by atoms with Crippen LogP contribution in [0.25, 0.3) is 11.3 Å². The van der Waals surface area contributed by atoms with Gasteiger partial charge in [0.1, 0.15) is 12.1 Å². The normalized spacial score (nSPS) is 11.8. The van der Waals surface area contributed by atoms with E-state index < -0.39 is 0 Å². The van der Waals surface area contributed by atoms with Gasteiger partial charge in [-0.05, 0) is 19.1 Å². The Bertz CT molecular complexity index is 883. The molecule has 0 amide bonds. The maximum atomic E-state index is 5.61. The molecular formula is C18H21N7O. The number of aromatic nitrogens is 5. The third-order valence-electron chi connectivity index (χ3n) is 3.99. The molecule has 0 aromatic carbocycles. The van der Waals surface area contributed by atoms with E-state index in [9.17, 15) is 0 Å². The SMILES string of the molecule is COc1nc(N)ncc1[C@H](C)CNc1cc(-c2ccc(C)nc2)ncn1. The van der Waals surface area contributed by atoms with Crippen LogP contribution in [0.3, 0.4) is 0 Å². The number of aryl methyl sites for hydroxylation is 1. The monoisotopic (exact) mass is 351 g/mol. The van der Waals surface area contributed by atoms with Gasteiger partial charge in [-0.1, -0.05) is 6.92 Å². The standard InChI is InChI=1S/C18H21N7O/c1-11(14-9-22-18(19)25-17(14)26-3)7-21-16-6-15(23-10-24-16)13-5-4-12(2)20-8-13/h4-6,8-11H,7H2,1-3H3,(H2,19,22,25)(H,21,23,24)/t11-/m1/s1. The van der Waals surface area contributed by atoms with Crippen LogP contribution in [0.2, 0.25) is 0 Å². The summed E-state index contributed by atoms with van der Waals surface area (Å²) in [5, 5.41) is 3.32. The number of nitrogens with two attached hydrogens (primary N) is 1. The van der Waals surface area contributed by atoms with Crippen molar-refractivity contribution in [1.82, 2.24) is 24.9 Å². The third-order valence-corrected chi connectivity index (χ3v) is 3.99. The summed E-state index contributed by atoms with van der Waals surface area (Å²) in [6.07, 6.45) is 5.03. The van der Waals surface area contributed by atoms with Crippen molar-refractivity contribution in [3.05, 3.63) is 48.2 Å². The molecule has 26 heavy (non-hydrogen) atoms. The Labute approximate surface area is 151 Å². The van der Waals surface area contributed by atoms with Gasteiger partial charge in [-0.15, -0.1) is 0 Å². The number of rotatable bonds is 6. The number of methoxy groups -OCH3 is 1. The molecule has 134 valence electrons. The first kappa shape index (κ1) is 17.5. The van der Waals surface area contributed by atoms with E-state index in [-0.39, 0.29) is 11.9 Å². The van der Waals surface area contributed by atoms with Crippen LogP contribution >= 0.6 is 0 Å². The molecule has 3 heterocycles. The first-order valence-electron chi connectivity index (χ1n) is 8.22. The first-order chi connectivity index (χ1) is 12.6. The number of pyridine rings is 1. The van der Waals surface area contributed by atoms with Crippen LogP contribution in [0.5, 0.6) is 5.88 Å². The number of nitrogen functional groups attached to an aromatic ring is 1. The van der Waals surface area contributed by atoms with Crippen LogP contribution in [0.4, 0.5) is 11.8 Å². The molecule has 0 fully saturated rings. The summed E-state index contributed by atoms with van der Waals surface area (Å²) in [5.74, 6) is 1.52. The molecule has 0 bridgehead atoms. The highest BCUT2D eigenvalue weighted by molar-refractivity contribution is 5.61. The topological polar surface area (TPSA) is 112 Å². The van der Waals surface area contributed by atoms with Crippen molar-refractivity contribution in [1.29, 1.82) is 0 Å². The predicted molar refractivity (Wildman–Crippen MR) is 99.9 cm³/mol. The molecule has 3 aromatic heterocycles. The van der Waals surface area contributed by atoms with Crippen molar-refractivity contribution >= 4 is 11.8 Å². The number of ether oxygens (including phenoxy) is 1. The number of anilines is 2. The largest absolute Gasteiger partial charge is 0.481 e. The molecular weight excluding hydrogens is 330 g/mol. The molecule has 0 aliphatic heterocycles. The van der Waals surface area contributed by atoms with Gasteiger partial charge in [-0.3, -0.25) is 4.98 Å². The fourth-order valence-corrected chi connectivity index (χ4v) is 2.49. The lowest BCUT2D eigenvalue weighted by atomic mass is 10.0. The first-order valence-corrected chi connectivity index (χ1v) is 8.22. The number of nitrogens with zero attached hydrogens (tertiary/aromatic N) is 5. The van der Waals surface area contributed by atoms with E-state index in [2.05, 4.69) is 37.2 Å². The van der Waals surface area contributed by atoms with Gasteiger partial charge in [-0.2, -0.15) is 4.98 Å². The van der Waals surface area contributed by atoms with E-state index in [0.717, 1.165) is 28.3 Å². The molecule has 3 N–H and O–H groups in total. The molecule has 8 nitrogen and oxygen atoms in total. The van der Waals surface area contributed by atoms with Crippen LogP contribution in [-0.4, -0.2) is 38.6 Å². The van der Waals surface area contributed by atoms with Crippen molar-refractivity contribution in [2.75, 3.05) is 24.7 Å². The summed E-state index contributed by atoms with van der Waals surface area (Å²) < 4.78 is 5.29. The maximum Gasteiger partial charge on any atom is 0.223 e. The highest BCUT2D eigenvalue weighted by Gasteiger charge is 2.14. The average Bonchev–Trinajstić information content (AvgIpc) is 2.66. The predicted octanol–water partition coefficient (Wildman–Crippen LogP) is 2.44. The van der Waals surface area contributed by atoms with E-state index in [1.807, 2.05) is 25.1 Å². The molecule has 8 heteroatoms. The number of hydrogen-bond donors (Lipinski definition) is 2. The summed E-state index contributed by atoms with van der Waals surface area (Å²) in [6, 6.07) is 5.85. The molecule has 3 rings (SSSR count). The molecule has 3 aromatic rings. The van der Waals surface area contributed by atoms with Crippen LogP contribution in [0.1, 0.15) is 24.1 Å². The van der Waals surface area contributed by atoms with E-state index in [0.29, 0.717) is 12.4 Å². The summed E-state index contributed by atoms with van der Waals surface area (Å²) in [5.41, 5.74) is 9.22. The summed E-state index contributed by atoms with van der Waals surface area (Å²) in [6.45, 7) is 4.63. The van der Waals surface area contributed by atoms with Crippen molar-refractivity contribution < 1.29 is 4.74 Å². The molecule has 0 aliphatic rings. The van der Waals surface area contributed by atoms with Gasteiger partial charge < -0.3 is 15.8 Å². The molecule has 0 aliphatic carbocycles. The Morgan fingerprint density at radius 3 is 2.73 bits per heavy atom. The lowest BCUT2D eigenvalue weighted by Gasteiger charge is -2.16. The van der Waals surface area contributed by atoms with Crippen molar-refractivity contribution in [2.24, 2.45) is 0 Å². The summed E-state index contributed by atoms with van der Waals surface area (Å²) in [4.78, 5) is 21.1. The molecule has 0 spiro atoms. The Balaban J connectivity index is 1.72. The van der Waals surface area contributed by atoms with Crippen molar-refractivity contribution in [3.63, 3.8) is 0 Å². The Kier molecular flexibility index (Phi) is 5.21. The van der Waals surface area contributed by atoms with Crippen LogP contribution in [-0.2, 0) is 0 Å². The maximum absolute atomic E-state index is 5.61. The summed E-state index contributed by atoms with van der Waals surface area (Å²) in [7, 11) is 1.57. The molecule has 0 saturated heterocycles. The zero-order chi connectivity index (χ0) is 18.5. The highest BCUT2D eigenvalue weighted by Crippen LogP contribution is 2.25. The van der Waals surface area contributed by atoms with Crippen LogP contribution < -0.4 is 15.8 Å². The molecule has 0 saturated carbocycles. The number of nitrogens with one attached hydrogen (secondary N) is 1. The summed E-state index contributed by atoms with van der Waals surface area (Å²) >= 11 is 0. The van der Waals surface area contributed by atoms with Crippen LogP contribution in [0.15, 0.2) is 36.9 Å². The van der Waals surface area contributed by atoms with Gasteiger partial charge in [0.05, 0.1) is 12.8 Å². The molecule has 0 unspecified atom stereocenters. The average molecular weight is 351 g/mol. The lowest BCUT2D eigenvalue weighted by Crippen LogP contribution is -2.13. The van der Waals surface area contributed by atoms with Gasteiger partial charge in [-0.25, -0.2) is 15.0 Å². The number of hydrogen-bond acceptors (Lipinski definition) is 8. The van der Waals surface area contributed by atoms with E-state index in [4.69, 9.17) is 10.5 Å². The minimum Gasteiger partial charge on any atom is -0.481 e. The quantitative estimate of drug-likeness (QED) is 0.696. The second-order valence-electron chi connectivity index (χ2n) is 5.95. The highest BCUT2D eigenvalue weighted by atomic mass is 16.5. The van der Waals surface area contributed by atoms with E-state index in [1.54, 1.807) is 19.5 Å². The van der Waals surface area contributed by atoms with Gasteiger partial charge in [0, 0.05) is 47.7 Å². The molecule has 0 radical (unpaired) electrons. The Hall–Kier alpha value is -3.29. The Morgan fingerprint density at radius 1 is 1.15 bits per heavy atom. The minimum atomic E-state index is 0.102. The minimum absolute atomic E-state index is 0.102. The smallest absolute Gasteiger partial charge is 0.223 e. The second kappa shape index (κ2) is 7.73. The van der Waals surface area contributed by atoms with E-state index in [1.165, 1.54) is 6.33 Å².